The number of para-hydroxylation sites is 3. The van der Waals surface area contributed by atoms with Crippen molar-refractivity contribution in [1.82, 2.24) is 0 Å². The van der Waals surface area contributed by atoms with Crippen LogP contribution in [-0.2, 0) is 5.41 Å². The molecule has 0 bridgehead atoms. The molecule has 3 heterocycles. The Morgan fingerprint density at radius 3 is 2.12 bits per heavy atom. The highest BCUT2D eigenvalue weighted by Crippen LogP contribution is 2.61. The predicted molar refractivity (Wildman–Crippen MR) is 239 cm³/mol. The molecule has 1 saturated carbocycles. The van der Waals surface area contributed by atoms with Crippen LogP contribution in [0.5, 0.6) is 23.0 Å². The Kier molecular flexibility index (Phi) is 6.73. The summed E-state index contributed by atoms with van der Waals surface area (Å²) in [6.07, 6.45) is 4.92. The van der Waals surface area contributed by atoms with Crippen LogP contribution in [0.15, 0.2) is 170 Å². The Labute approximate surface area is 340 Å². The number of fused-ring (bicyclic) bond motifs is 12. The van der Waals surface area contributed by atoms with Crippen LogP contribution in [0.3, 0.4) is 0 Å². The van der Waals surface area contributed by atoms with Gasteiger partial charge in [0, 0.05) is 37.0 Å². The van der Waals surface area contributed by atoms with Gasteiger partial charge in [-0.05, 0) is 125 Å². The van der Waals surface area contributed by atoms with E-state index in [-0.39, 0.29) is 5.41 Å². The molecule has 0 radical (unpaired) electrons. The molecule has 0 N–H and O–H groups in total. The molecule has 276 valence electrons. The summed E-state index contributed by atoms with van der Waals surface area (Å²) in [5.41, 5.74) is 14.5. The zero-order valence-electron chi connectivity index (χ0n) is 31.6. The molecule has 4 nitrogen and oxygen atoms in total. The first-order valence-electron chi connectivity index (χ1n) is 20.3. The average Bonchev–Trinajstić information content (AvgIpc) is 3.99. The molecule has 13 rings (SSSR count). The van der Waals surface area contributed by atoms with E-state index in [4.69, 9.17) is 9.47 Å². The minimum Gasteiger partial charge on any atom is -0.453 e. The zero-order chi connectivity index (χ0) is 38.0. The van der Waals surface area contributed by atoms with Crippen molar-refractivity contribution >= 4 is 65.6 Å². The molecule has 0 saturated heterocycles. The quantitative estimate of drug-likeness (QED) is 0.178. The maximum Gasteiger partial charge on any atom is 0.155 e. The van der Waals surface area contributed by atoms with Gasteiger partial charge < -0.3 is 14.4 Å². The number of nitrogens with zero attached hydrogens (tertiary/aromatic N) is 2. The predicted octanol–water partition coefficient (Wildman–Crippen LogP) is 15.7. The lowest BCUT2D eigenvalue weighted by atomic mass is 9.76. The van der Waals surface area contributed by atoms with E-state index < -0.39 is 0 Å². The van der Waals surface area contributed by atoms with E-state index >= 15 is 0 Å². The second-order valence-corrected chi connectivity index (χ2v) is 17.1. The number of thiophene rings is 1. The van der Waals surface area contributed by atoms with Crippen LogP contribution in [0, 0.1) is 0 Å². The Morgan fingerprint density at radius 2 is 1.19 bits per heavy atom. The van der Waals surface area contributed by atoms with Gasteiger partial charge in [0.2, 0.25) is 0 Å². The van der Waals surface area contributed by atoms with Crippen LogP contribution < -0.4 is 19.3 Å². The summed E-state index contributed by atoms with van der Waals surface area (Å²) in [6, 6.07) is 61.9. The molecule has 2 aliphatic carbocycles. The molecule has 8 aromatic carbocycles. The molecule has 9 aromatic rings. The zero-order valence-corrected chi connectivity index (χ0v) is 32.4. The van der Waals surface area contributed by atoms with Crippen molar-refractivity contribution in [3.05, 3.63) is 181 Å². The van der Waals surface area contributed by atoms with Gasteiger partial charge in [0.1, 0.15) is 5.69 Å². The lowest BCUT2D eigenvalue weighted by Crippen LogP contribution is -2.21. The van der Waals surface area contributed by atoms with E-state index in [1.807, 2.05) is 41.7 Å². The summed E-state index contributed by atoms with van der Waals surface area (Å²) in [7, 11) is 0. The lowest BCUT2D eigenvalue weighted by Gasteiger charge is -2.37. The fourth-order valence-corrected chi connectivity index (χ4v) is 11.6. The average molecular weight is 765 g/mol. The van der Waals surface area contributed by atoms with Crippen LogP contribution in [0.1, 0.15) is 36.8 Å². The van der Waals surface area contributed by atoms with E-state index in [0.29, 0.717) is 0 Å². The third-order valence-corrected chi connectivity index (χ3v) is 14.1. The number of hydrogen-bond donors (Lipinski definition) is 0. The van der Waals surface area contributed by atoms with Gasteiger partial charge in [-0.1, -0.05) is 104 Å². The molecule has 0 atom stereocenters. The van der Waals surface area contributed by atoms with E-state index in [1.165, 1.54) is 79.5 Å². The Hall–Kier alpha value is -6.82. The highest BCUT2D eigenvalue weighted by Gasteiger charge is 2.45. The molecule has 5 heteroatoms. The normalized spacial score (nSPS) is 15.0. The van der Waals surface area contributed by atoms with E-state index in [0.717, 1.165) is 56.9 Å². The van der Waals surface area contributed by atoms with Crippen molar-refractivity contribution in [3.63, 3.8) is 0 Å². The molecular weight excluding hydrogens is 729 g/mol. The van der Waals surface area contributed by atoms with E-state index in [9.17, 15) is 0 Å². The maximum absolute atomic E-state index is 6.68. The van der Waals surface area contributed by atoms with Crippen LogP contribution in [0.4, 0.5) is 34.1 Å². The molecule has 2 aliphatic heterocycles. The number of benzene rings is 8. The number of ether oxygens (including phenoxy) is 2. The highest BCUT2D eigenvalue weighted by atomic mass is 32.1. The van der Waals surface area contributed by atoms with Gasteiger partial charge >= 0.3 is 0 Å². The summed E-state index contributed by atoms with van der Waals surface area (Å²) in [5.74, 6) is 3.23. The molecule has 1 aromatic heterocycles. The van der Waals surface area contributed by atoms with Crippen LogP contribution in [0.25, 0.3) is 42.4 Å². The Morgan fingerprint density at radius 1 is 0.500 bits per heavy atom. The van der Waals surface area contributed by atoms with Gasteiger partial charge in [-0.3, -0.25) is 4.90 Å². The summed E-state index contributed by atoms with van der Waals surface area (Å²) >= 11 is 1.87. The molecule has 58 heavy (non-hydrogen) atoms. The number of hydrogen-bond acceptors (Lipinski definition) is 5. The minimum absolute atomic E-state index is 0.0695. The molecule has 1 spiro atoms. The van der Waals surface area contributed by atoms with Crippen molar-refractivity contribution in [1.29, 1.82) is 0 Å². The fraction of sp³-hybridized carbons (Fsp3) is 0.0943. The molecular formula is C53H36N2O2S. The Bertz CT molecular complexity index is 3170. The third-order valence-electron chi connectivity index (χ3n) is 13.0. The highest BCUT2D eigenvalue weighted by molar-refractivity contribution is 7.26. The van der Waals surface area contributed by atoms with Crippen LogP contribution in [0.2, 0.25) is 0 Å². The van der Waals surface area contributed by atoms with Crippen LogP contribution >= 0.6 is 11.3 Å². The third kappa shape index (κ3) is 4.51. The SMILES string of the molecule is c1cc(-c2ccc3c(c2)Oc2cccc4c2N3c2ccccc2O4)cc(N(c2ccc3c(c2)C2(CCCC2)c2ccccc2-3)c2cccc3sc4ccccc4c23)c1. The largest absolute Gasteiger partial charge is 0.453 e. The summed E-state index contributed by atoms with van der Waals surface area (Å²) < 4.78 is 15.6. The molecule has 1 fully saturated rings. The van der Waals surface area contributed by atoms with Crippen molar-refractivity contribution in [2.45, 2.75) is 31.1 Å². The molecule has 0 unspecified atom stereocenters. The van der Waals surface area contributed by atoms with Gasteiger partial charge in [-0.15, -0.1) is 11.3 Å². The van der Waals surface area contributed by atoms with Crippen LogP contribution in [-0.4, -0.2) is 0 Å². The first-order chi connectivity index (χ1) is 28.7. The number of rotatable bonds is 4. The first-order valence-corrected chi connectivity index (χ1v) is 21.1. The summed E-state index contributed by atoms with van der Waals surface area (Å²) in [5, 5.41) is 2.58. The minimum atomic E-state index is 0.0695. The van der Waals surface area contributed by atoms with Crippen molar-refractivity contribution in [2.75, 3.05) is 9.80 Å². The maximum atomic E-state index is 6.68. The fourth-order valence-electron chi connectivity index (χ4n) is 10.5. The Balaban J connectivity index is 0.984. The van der Waals surface area contributed by atoms with E-state index in [1.54, 1.807) is 0 Å². The first kappa shape index (κ1) is 32.3. The van der Waals surface area contributed by atoms with Gasteiger partial charge in [-0.2, -0.15) is 0 Å². The molecule has 0 amide bonds. The van der Waals surface area contributed by atoms with Crippen molar-refractivity contribution in [2.24, 2.45) is 0 Å². The van der Waals surface area contributed by atoms with E-state index in [2.05, 4.69) is 149 Å². The number of anilines is 6. The molecule has 4 aliphatic rings. The van der Waals surface area contributed by atoms with Crippen molar-refractivity contribution < 1.29 is 9.47 Å². The van der Waals surface area contributed by atoms with Gasteiger partial charge in [0.05, 0.1) is 17.1 Å². The lowest BCUT2D eigenvalue weighted by molar-refractivity contribution is 0.446. The van der Waals surface area contributed by atoms with Crippen molar-refractivity contribution in [3.8, 4) is 45.3 Å². The second-order valence-electron chi connectivity index (χ2n) is 16.0. The van der Waals surface area contributed by atoms with Gasteiger partial charge in [0.25, 0.3) is 0 Å². The topological polar surface area (TPSA) is 24.9 Å². The van der Waals surface area contributed by atoms with Gasteiger partial charge in [-0.25, -0.2) is 0 Å². The monoisotopic (exact) mass is 764 g/mol. The summed E-state index contributed by atoms with van der Waals surface area (Å²) in [6.45, 7) is 0. The van der Waals surface area contributed by atoms with Gasteiger partial charge in [0.15, 0.2) is 23.0 Å². The summed E-state index contributed by atoms with van der Waals surface area (Å²) in [4.78, 5) is 4.79. The standard InChI is InChI=1S/C53H36N2O2S/c1-3-16-40-37(14-1)38-26-25-36(32-41(38)53(40)28-7-8-29-53)54(44-18-10-23-50-51(44)39-15-2-6-22-49(39)58-50)35-13-9-12-33(30-35)34-24-27-43-48(31-34)57-47-21-11-20-46-52(47)55(43)42-17-4-5-19-45(42)56-46/h1-6,9-27,30-32H,7-8,28-29H2. The second kappa shape index (κ2) is 12.1. The smallest absolute Gasteiger partial charge is 0.155 e.